The fourth-order valence-electron chi connectivity index (χ4n) is 3.77. The van der Waals surface area contributed by atoms with Crippen molar-refractivity contribution in [2.75, 3.05) is 6.54 Å². The van der Waals surface area contributed by atoms with Crippen molar-refractivity contribution in [1.29, 1.82) is 0 Å². The van der Waals surface area contributed by atoms with Crippen molar-refractivity contribution in [3.05, 3.63) is 70.2 Å². The average Bonchev–Trinajstić information content (AvgIpc) is 2.81. The highest BCUT2D eigenvalue weighted by Gasteiger charge is 2.57. The Labute approximate surface area is 134 Å². The van der Waals surface area contributed by atoms with Gasteiger partial charge in [-0.05, 0) is 48.7 Å². The molecule has 0 bridgehead atoms. The van der Waals surface area contributed by atoms with Crippen molar-refractivity contribution in [1.82, 2.24) is 5.06 Å². The summed E-state index contributed by atoms with van der Waals surface area (Å²) >= 11 is 6.13. The van der Waals surface area contributed by atoms with Gasteiger partial charge in [-0.2, -0.15) is 0 Å². The largest absolute Gasteiger partial charge is 0.363 e. The van der Waals surface area contributed by atoms with Crippen molar-refractivity contribution < 1.29 is 9.63 Å². The third-order valence-electron chi connectivity index (χ3n) is 4.96. The van der Waals surface area contributed by atoms with Crippen molar-refractivity contribution in [3.8, 4) is 0 Å². The molecule has 112 valence electrons. The first-order valence-corrected chi connectivity index (χ1v) is 7.83. The van der Waals surface area contributed by atoms with E-state index < -0.39 is 0 Å². The predicted molar refractivity (Wildman–Crippen MR) is 84.7 cm³/mol. The van der Waals surface area contributed by atoms with Crippen LogP contribution in [0.5, 0.6) is 0 Å². The molecule has 0 aromatic heterocycles. The monoisotopic (exact) mass is 313 g/mol. The number of rotatable bonds is 2. The SMILES string of the molecule is C[C@]12c3cc(Cl)ccc3C1CCN2OC(=O)c1ccccc1. The van der Waals surface area contributed by atoms with Gasteiger partial charge in [0.05, 0.1) is 11.1 Å². The molecule has 22 heavy (non-hydrogen) atoms. The number of halogens is 1. The highest BCUT2D eigenvalue weighted by Crippen LogP contribution is 2.59. The van der Waals surface area contributed by atoms with Crippen LogP contribution in [-0.2, 0) is 10.4 Å². The van der Waals surface area contributed by atoms with E-state index in [1.54, 1.807) is 12.1 Å². The molecule has 1 heterocycles. The number of benzene rings is 2. The number of nitrogens with zero attached hydrogens (tertiary/aromatic N) is 1. The molecule has 2 atom stereocenters. The molecule has 3 nitrogen and oxygen atoms in total. The summed E-state index contributed by atoms with van der Waals surface area (Å²) in [4.78, 5) is 18.0. The molecule has 0 saturated carbocycles. The lowest BCUT2D eigenvalue weighted by Crippen LogP contribution is -2.49. The Hall–Kier alpha value is -1.84. The van der Waals surface area contributed by atoms with Crippen LogP contribution < -0.4 is 0 Å². The molecule has 1 fully saturated rings. The Bertz CT molecular complexity index is 746. The standard InChI is InChI=1S/C18H16ClNO2/c1-18-15(14-8-7-13(19)11-16(14)18)9-10-20(18)22-17(21)12-5-3-2-4-6-12/h2-8,11,15H,9-10H2,1H3/t15?,18-/m1/s1. The van der Waals surface area contributed by atoms with Crippen LogP contribution in [0.1, 0.15) is 40.7 Å². The topological polar surface area (TPSA) is 29.5 Å². The number of hydrogen-bond acceptors (Lipinski definition) is 3. The van der Waals surface area contributed by atoms with Crippen molar-refractivity contribution in [2.45, 2.75) is 24.8 Å². The van der Waals surface area contributed by atoms with Gasteiger partial charge < -0.3 is 4.84 Å². The Morgan fingerprint density at radius 3 is 2.82 bits per heavy atom. The molecule has 4 rings (SSSR count). The van der Waals surface area contributed by atoms with E-state index in [0.29, 0.717) is 11.5 Å². The van der Waals surface area contributed by atoms with Gasteiger partial charge in [-0.3, -0.25) is 0 Å². The molecule has 2 aliphatic rings. The first kappa shape index (κ1) is 13.8. The quantitative estimate of drug-likeness (QED) is 0.835. The van der Waals surface area contributed by atoms with E-state index in [-0.39, 0.29) is 11.5 Å². The first-order chi connectivity index (χ1) is 10.6. The normalized spacial score (nSPS) is 26.0. The summed E-state index contributed by atoms with van der Waals surface area (Å²) < 4.78 is 0. The van der Waals surface area contributed by atoms with Crippen molar-refractivity contribution in [3.63, 3.8) is 0 Å². The lowest BCUT2D eigenvalue weighted by Gasteiger charge is -2.47. The molecule has 1 saturated heterocycles. The van der Waals surface area contributed by atoms with Gasteiger partial charge in [0.1, 0.15) is 0 Å². The number of carbonyl (C=O) groups excluding carboxylic acids is 1. The zero-order valence-electron chi connectivity index (χ0n) is 12.3. The molecule has 0 radical (unpaired) electrons. The summed E-state index contributed by atoms with van der Waals surface area (Å²) in [6.45, 7) is 2.87. The maximum absolute atomic E-state index is 12.3. The smallest absolute Gasteiger partial charge is 0.357 e. The van der Waals surface area contributed by atoms with Gasteiger partial charge in [0.2, 0.25) is 0 Å². The van der Waals surface area contributed by atoms with E-state index in [0.717, 1.165) is 18.0 Å². The zero-order chi connectivity index (χ0) is 15.3. The van der Waals surface area contributed by atoms with Crippen LogP contribution in [0.3, 0.4) is 0 Å². The third-order valence-corrected chi connectivity index (χ3v) is 5.19. The zero-order valence-corrected chi connectivity index (χ0v) is 13.0. The maximum atomic E-state index is 12.3. The van der Waals surface area contributed by atoms with Gasteiger partial charge in [0, 0.05) is 17.5 Å². The van der Waals surface area contributed by atoms with E-state index in [1.807, 2.05) is 35.4 Å². The van der Waals surface area contributed by atoms with Crippen LogP contribution in [0.25, 0.3) is 0 Å². The number of hydrogen-bond donors (Lipinski definition) is 0. The van der Waals surface area contributed by atoms with Crippen LogP contribution in [-0.4, -0.2) is 17.6 Å². The van der Waals surface area contributed by atoms with Crippen LogP contribution in [0.2, 0.25) is 5.02 Å². The summed E-state index contributed by atoms with van der Waals surface area (Å²) in [6.07, 6.45) is 0.993. The Kier molecular flexibility index (Phi) is 3.03. The maximum Gasteiger partial charge on any atom is 0.357 e. The Morgan fingerprint density at radius 1 is 1.27 bits per heavy atom. The molecule has 0 amide bonds. The van der Waals surface area contributed by atoms with Gasteiger partial charge in [0.15, 0.2) is 0 Å². The molecule has 2 aromatic carbocycles. The summed E-state index contributed by atoms with van der Waals surface area (Å²) in [5.74, 6) is 0.0984. The molecular formula is C18H16ClNO2. The van der Waals surface area contributed by atoms with Gasteiger partial charge in [-0.15, -0.1) is 5.06 Å². The number of hydroxylamine groups is 2. The average molecular weight is 314 g/mol. The number of fused-ring (bicyclic) bond motifs is 4. The molecular weight excluding hydrogens is 298 g/mol. The fourth-order valence-corrected chi connectivity index (χ4v) is 3.95. The molecule has 1 aliphatic carbocycles. The highest BCUT2D eigenvalue weighted by atomic mass is 35.5. The molecule has 0 spiro atoms. The van der Waals surface area contributed by atoms with Crippen LogP contribution in [0.15, 0.2) is 48.5 Å². The van der Waals surface area contributed by atoms with Crippen LogP contribution in [0.4, 0.5) is 0 Å². The summed E-state index contributed by atoms with van der Waals surface area (Å²) in [5.41, 5.74) is 2.80. The summed E-state index contributed by atoms with van der Waals surface area (Å²) in [5, 5.41) is 2.55. The predicted octanol–water partition coefficient (Wildman–Crippen LogP) is 4.13. The second-order valence-corrected chi connectivity index (χ2v) is 6.50. The highest BCUT2D eigenvalue weighted by molar-refractivity contribution is 6.30. The lowest BCUT2D eigenvalue weighted by atomic mass is 9.64. The second kappa shape index (κ2) is 4.83. The lowest BCUT2D eigenvalue weighted by molar-refractivity contribution is -0.164. The van der Waals surface area contributed by atoms with Gasteiger partial charge in [-0.25, -0.2) is 4.79 Å². The summed E-state index contributed by atoms with van der Waals surface area (Å²) in [7, 11) is 0. The molecule has 4 heteroatoms. The van der Waals surface area contributed by atoms with Gasteiger partial charge in [-0.1, -0.05) is 35.9 Å². The molecule has 1 unspecified atom stereocenters. The van der Waals surface area contributed by atoms with Gasteiger partial charge >= 0.3 is 5.97 Å². The van der Waals surface area contributed by atoms with E-state index in [2.05, 4.69) is 13.0 Å². The fraction of sp³-hybridized carbons (Fsp3) is 0.278. The molecule has 0 N–H and O–H groups in total. The Morgan fingerprint density at radius 2 is 2.05 bits per heavy atom. The van der Waals surface area contributed by atoms with E-state index in [9.17, 15) is 4.79 Å². The van der Waals surface area contributed by atoms with Crippen molar-refractivity contribution in [2.24, 2.45) is 0 Å². The van der Waals surface area contributed by atoms with Crippen molar-refractivity contribution >= 4 is 17.6 Å². The third kappa shape index (κ3) is 1.82. The van der Waals surface area contributed by atoms with E-state index >= 15 is 0 Å². The first-order valence-electron chi connectivity index (χ1n) is 7.45. The van der Waals surface area contributed by atoms with E-state index in [1.165, 1.54) is 11.1 Å². The van der Waals surface area contributed by atoms with Crippen LogP contribution in [0, 0.1) is 0 Å². The van der Waals surface area contributed by atoms with Gasteiger partial charge in [0.25, 0.3) is 0 Å². The minimum atomic E-state index is -0.307. The number of carbonyl (C=O) groups is 1. The minimum absolute atomic E-state index is 0.259. The minimum Gasteiger partial charge on any atom is -0.363 e. The van der Waals surface area contributed by atoms with Crippen LogP contribution >= 0.6 is 11.6 Å². The molecule has 1 aliphatic heterocycles. The molecule has 2 aromatic rings. The van der Waals surface area contributed by atoms with E-state index in [4.69, 9.17) is 16.4 Å². The summed E-state index contributed by atoms with van der Waals surface area (Å²) in [6, 6.07) is 15.1. The Balaban J connectivity index is 1.61. The second-order valence-electron chi connectivity index (χ2n) is 6.07.